The monoisotopic (exact) mass is 284 g/mol. The maximum atomic E-state index is 11.8. The zero-order valence-corrected chi connectivity index (χ0v) is 11.8. The van der Waals surface area contributed by atoms with Gasteiger partial charge in [0, 0.05) is 23.5 Å². The number of nitrogens with zero attached hydrogens (tertiary/aromatic N) is 2. The van der Waals surface area contributed by atoms with E-state index in [4.69, 9.17) is 10.5 Å². The number of nitrogen functional groups attached to an aromatic ring is 1. The number of aryl methyl sites for hydroxylation is 1. The van der Waals surface area contributed by atoms with Crippen LogP contribution in [0.25, 0.3) is 6.08 Å². The number of nitrogens with two attached hydrogens (primary N) is 1. The Balaban J connectivity index is 2.06. The minimum atomic E-state index is -0.329. The van der Waals surface area contributed by atoms with Crippen LogP contribution >= 0.6 is 0 Å². The molecule has 0 fully saturated rings. The highest BCUT2D eigenvalue weighted by atomic mass is 16.5. The van der Waals surface area contributed by atoms with E-state index in [1.807, 2.05) is 12.1 Å². The van der Waals surface area contributed by atoms with Crippen LogP contribution in [0.5, 0.6) is 5.88 Å². The Morgan fingerprint density at radius 3 is 2.86 bits per heavy atom. The molecular weight excluding hydrogens is 268 g/mol. The first-order valence-corrected chi connectivity index (χ1v) is 6.31. The highest BCUT2D eigenvalue weighted by molar-refractivity contribution is 6.00. The Hall–Kier alpha value is -2.89. The molecule has 0 spiro atoms. The molecule has 1 amide bonds. The van der Waals surface area contributed by atoms with Gasteiger partial charge in [-0.3, -0.25) is 10.1 Å². The third-order valence-corrected chi connectivity index (χ3v) is 2.61. The molecule has 0 aliphatic heterocycles. The van der Waals surface area contributed by atoms with Crippen LogP contribution in [0.3, 0.4) is 0 Å². The summed E-state index contributed by atoms with van der Waals surface area (Å²) < 4.78 is 5.03. The van der Waals surface area contributed by atoms with E-state index < -0.39 is 0 Å². The van der Waals surface area contributed by atoms with Gasteiger partial charge in [-0.1, -0.05) is 12.1 Å². The van der Waals surface area contributed by atoms with Gasteiger partial charge in [0.1, 0.15) is 0 Å². The van der Waals surface area contributed by atoms with E-state index in [-0.39, 0.29) is 11.9 Å². The molecule has 0 bridgehead atoms. The Morgan fingerprint density at radius 2 is 2.14 bits per heavy atom. The zero-order valence-electron chi connectivity index (χ0n) is 11.8. The van der Waals surface area contributed by atoms with Crippen molar-refractivity contribution in [1.82, 2.24) is 9.97 Å². The first-order valence-electron chi connectivity index (χ1n) is 6.31. The maximum Gasteiger partial charge on any atom is 0.250 e. The number of carbonyl (C=O) groups excluding carboxylic acids is 1. The number of hydrogen-bond acceptors (Lipinski definition) is 5. The number of hydrogen-bond donors (Lipinski definition) is 2. The van der Waals surface area contributed by atoms with Crippen LogP contribution in [0.2, 0.25) is 0 Å². The molecule has 0 aliphatic carbocycles. The molecule has 6 nitrogen and oxygen atoms in total. The molecular formula is C15H16N4O2. The summed E-state index contributed by atoms with van der Waals surface area (Å²) >= 11 is 0. The normalized spacial score (nSPS) is 10.6. The highest BCUT2D eigenvalue weighted by Crippen LogP contribution is 2.11. The first kappa shape index (κ1) is 14.5. The summed E-state index contributed by atoms with van der Waals surface area (Å²) in [4.78, 5) is 20.0. The molecule has 0 saturated carbocycles. The van der Waals surface area contributed by atoms with Gasteiger partial charge in [-0.25, -0.2) is 4.98 Å². The highest BCUT2D eigenvalue weighted by Gasteiger charge is 2.04. The summed E-state index contributed by atoms with van der Waals surface area (Å²) in [7, 11) is 1.51. The Morgan fingerprint density at radius 1 is 1.33 bits per heavy atom. The quantitative estimate of drug-likeness (QED) is 0.662. The number of nitrogens with one attached hydrogen (secondary N) is 1. The summed E-state index contributed by atoms with van der Waals surface area (Å²) in [5, 5.41) is 2.58. The number of benzene rings is 1. The standard InChI is InChI=1S/C15H16N4O2/c1-10-8-14(21-2)19-15(17-10)18-13(20)7-6-11-4-3-5-12(16)9-11/h3-9H,16H2,1-2H3,(H,17,18,19,20)/b7-6+. The molecule has 2 rings (SSSR count). The number of anilines is 2. The first-order chi connectivity index (χ1) is 10.1. The molecule has 0 saturated heterocycles. The van der Waals surface area contributed by atoms with Crippen molar-refractivity contribution in [1.29, 1.82) is 0 Å². The average molecular weight is 284 g/mol. The van der Waals surface area contributed by atoms with Crippen LogP contribution in [0.1, 0.15) is 11.3 Å². The zero-order chi connectivity index (χ0) is 15.2. The summed E-state index contributed by atoms with van der Waals surface area (Å²) in [5.74, 6) is 0.275. The SMILES string of the molecule is COc1cc(C)nc(NC(=O)/C=C/c2cccc(N)c2)n1. The number of methoxy groups -OCH3 is 1. The van der Waals surface area contributed by atoms with Crippen molar-refractivity contribution in [3.05, 3.63) is 47.7 Å². The molecule has 0 radical (unpaired) electrons. The molecule has 21 heavy (non-hydrogen) atoms. The third-order valence-electron chi connectivity index (χ3n) is 2.61. The second kappa shape index (κ2) is 6.51. The van der Waals surface area contributed by atoms with Gasteiger partial charge in [0.15, 0.2) is 0 Å². The molecule has 0 unspecified atom stereocenters. The summed E-state index contributed by atoms with van der Waals surface area (Å²) in [6.07, 6.45) is 3.06. The van der Waals surface area contributed by atoms with Crippen molar-refractivity contribution < 1.29 is 9.53 Å². The lowest BCUT2D eigenvalue weighted by Gasteiger charge is -2.04. The predicted molar refractivity (Wildman–Crippen MR) is 81.8 cm³/mol. The van der Waals surface area contributed by atoms with Gasteiger partial charge in [0.25, 0.3) is 5.91 Å². The van der Waals surface area contributed by atoms with Crippen LogP contribution in [-0.4, -0.2) is 23.0 Å². The molecule has 0 atom stereocenters. The molecule has 1 aromatic heterocycles. The van der Waals surface area contributed by atoms with Crippen LogP contribution in [0.4, 0.5) is 11.6 Å². The second-order valence-corrected chi connectivity index (χ2v) is 4.37. The Kier molecular flexibility index (Phi) is 4.50. The van der Waals surface area contributed by atoms with Gasteiger partial charge in [-0.05, 0) is 30.7 Å². The number of ether oxygens (including phenoxy) is 1. The predicted octanol–water partition coefficient (Wildman–Crippen LogP) is 2.03. The Labute approximate surface area is 122 Å². The largest absolute Gasteiger partial charge is 0.481 e. The number of rotatable bonds is 4. The number of amides is 1. The fourth-order valence-electron chi connectivity index (χ4n) is 1.69. The minimum absolute atomic E-state index is 0.203. The smallest absolute Gasteiger partial charge is 0.250 e. The summed E-state index contributed by atoms with van der Waals surface area (Å²) in [6.45, 7) is 1.79. The van der Waals surface area contributed by atoms with Crippen molar-refractivity contribution in [2.75, 3.05) is 18.2 Å². The van der Waals surface area contributed by atoms with E-state index in [0.717, 1.165) is 5.56 Å². The van der Waals surface area contributed by atoms with E-state index in [9.17, 15) is 4.79 Å². The van der Waals surface area contributed by atoms with Gasteiger partial charge >= 0.3 is 0 Å². The van der Waals surface area contributed by atoms with Gasteiger partial charge in [0.2, 0.25) is 11.8 Å². The van der Waals surface area contributed by atoms with Crippen LogP contribution in [0.15, 0.2) is 36.4 Å². The fraction of sp³-hybridized carbons (Fsp3) is 0.133. The van der Waals surface area contributed by atoms with Crippen molar-refractivity contribution >= 4 is 23.6 Å². The maximum absolute atomic E-state index is 11.8. The van der Waals surface area contributed by atoms with Gasteiger partial charge < -0.3 is 10.5 Å². The number of aromatic nitrogens is 2. The molecule has 3 N–H and O–H groups in total. The van der Waals surface area contributed by atoms with Crippen molar-refractivity contribution in [2.24, 2.45) is 0 Å². The van der Waals surface area contributed by atoms with Gasteiger partial charge in [0.05, 0.1) is 7.11 Å². The average Bonchev–Trinajstić information content (AvgIpc) is 2.44. The molecule has 0 aliphatic rings. The number of carbonyl (C=O) groups is 1. The minimum Gasteiger partial charge on any atom is -0.481 e. The second-order valence-electron chi connectivity index (χ2n) is 4.37. The molecule has 108 valence electrons. The van der Waals surface area contributed by atoms with Crippen molar-refractivity contribution in [2.45, 2.75) is 6.92 Å². The lowest BCUT2D eigenvalue weighted by Crippen LogP contribution is -2.11. The lowest BCUT2D eigenvalue weighted by atomic mass is 10.2. The summed E-state index contributed by atoms with van der Waals surface area (Å²) in [6, 6.07) is 8.91. The molecule has 2 aromatic rings. The van der Waals surface area contributed by atoms with Gasteiger partial charge in [-0.15, -0.1) is 0 Å². The van der Waals surface area contributed by atoms with Gasteiger partial charge in [-0.2, -0.15) is 4.98 Å². The molecule has 1 heterocycles. The van der Waals surface area contributed by atoms with Crippen molar-refractivity contribution in [3.8, 4) is 5.88 Å². The topological polar surface area (TPSA) is 90.1 Å². The van der Waals surface area contributed by atoms with Crippen molar-refractivity contribution in [3.63, 3.8) is 0 Å². The Bertz CT molecular complexity index is 683. The third kappa shape index (κ3) is 4.31. The fourth-order valence-corrected chi connectivity index (χ4v) is 1.69. The summed E-state index contributed by atoms with van der Waals surface area (Å²) in [5.41, 5.74) is 7.86. The lowest BCUT2D eigenvalue weighted by molar-refractivity contribution is -0.111. The van der Waals surface area contributed by atoms with Crippen LogP contribution in [-0.2, 0) is 4.79 Å². The molecule has 1 aromatic carbocycles. The van der Waals surface area contributed by atoms with Crippen LogP contribution < -0.4 is 15.8 Å². The van der Waals surface area contributed by atoms with E-state index in [0.29, 0.717) is 17.3 Å². The van der Waals surface area contributed by atoms with E-state index >= 15 is 0 Å². The molecule has 6 heteroatoms. The van der Waals surface area contributed by atoms with E-state index in [1.54, 1.807) is 31.2 Å². The van der Waals surface area contributed by atoms with Crippen LogP contribution in [0, 0.1) is 6.92 Å². The van der Waals surface area contributed by atoms with E-state index in [2.05, 4.69) is 15.3 Å². The van der Waals surface area contributed by atoms with E-state index in [1.165, 1.54) is 13.2 Å².